The van der Waals surface area contributed by atoms with Crippen molar-refractivity contribution in [2.75, 3.05) is 56.2 Å². The van der Waals surface area contributed by atoms with Crippen LogP contribution in [0.2, 0.25) is 0 Å². The van der Waals surface area contributed by atoms with Gasteiger partial charge in [0.1, 0.15) is 5.75 Å². The molecule has 2 heterocycles. The first-order chi connectivity index (χ1) is 16.4. The molecule has 0 unspecified atom stereocenters. The van der Waals surface area contributed by atoms with Crippen LogP contribution in [0.1, 0.15) is 18.4 Å². The third-order valence-corrected chi connectivity index (χ3v) is 6.02. The summed E-state index contributed by atoms with van der Waals surface area (Å²) >= 11 is 0. The number of benzene rings is 2. The summed E-state index contributed by atoms with van der Waals surface area (Å²) in [7, 11) is 1.71. The number of methoxy groups -OCH3 is 1. The quantitative estimate of drug-likeness (QED) is 0.621. The summed E-state index contributed by atoms with van der Waals surface area (Å²) in [5.41, 5.74) is 3.64. The molecule has 2 aromatic rings. The van der Waals surface area contributed by atoms with E-state index >= 15 is 0 Å². The number of anilines is 2. The molecule has 2 N–H and O–H groups in total. The number of carboxylic acids is 2. The highest BCUT2D eigenvalue weighted by Gasteiger charge is 2.24. The van der Waals surface area contributed by atoms with Crippen LogP contribution in [-0.4, -0.2) is 79.3 Å². The maximum atomic E-state index is 12.4. The van der Waals surface area contributed by atoms with E-state index in [2.05, 4.69) is 40.1 Å². The molecule has 182 valence electrons. The molecule has 0 aromatic heterocycles. The van der Waals surface area contributed by atoms with Crippen LogP contribution >= 0.6 is 0 Å². The van der Waals surface area contributed by atoms with Crippen molar-refractivity contribution in [2.24, 2.45) is 0 Å². The van der Waals surface area contributed by atoms with E-state index in [9.17, 15) is 4.79 Å². The minimum atomic E-state index is -1.82. The molecule has 9 nitrogen and oxygen atoms in total. The Kier molecular flexibility index (Phi) is 8.86. The SMILES string of the molecule is COc1cccc(N2CCN(CCCN3C(=O)CCc4ccccc43)CC2)c1.O=C(O)C(=O)O. The van der Waals surface area contributed by atoms with Gasteiger partial charge in [-0.3, -0.25) is 9.69 Å². The highest BCUT2D eigenvalue weighted by Crippen LogP contribution is 2.27. The average molecular weight is 470 g/mol. The van der Waals surface area contributed by atoms with Crippen molar-refractivity contribution in [3.63, 3.8) is 0 Å². The van der Waals surface area contributed by atoms with Crippen molar-refractivity contribution in [1.29, 1.82) is 0 Å². The number of hydrogen-bond acceptors (Lipinski definition) is 6. The maximum absolute atomic E-state index is 12.4. The van der Waals surface area contributed by atoms with Crippen molar-refractivity contribution < 1.29 is 29.3 Å². The number of hydrogen-bond donors (Lipinski definition) is 2. The monoisotopic (exact) mass is 469 g/mol. The summed E-state index contributed by atoms with van der Waals surface area (Å²) in [6, 6.07) is 16.6. The number of aliphatic carboxylic acids is 2. The van der Waals surface area contributed by atoms with Gasteiger partial charge in [0.15, 0.2) is 0 Å². The lowest BCUT2D eigenvalue weighted by Crippen LogP contribution is -2.47. The molecular formula is C25H31N3O6. The fourth-order valence-electron chi connectivity index (χ4n) is 4.23. The number of fused-ring (bicyclic) bond motifs is 1. The molecule has 9 heteroatoms. The largest absolute Gasteiger partial charge is 0.497 e. The zero-order valence-corrected chi connectivity index (χ0v) is 19.4. The highest BCUT2D eigenvalue weighted by molar-refractivity contribution is 6.27. The number of carbonyl (C=O) groups excluding carboxylic acids is 1. The second-order valence-electron chi connectivity index (χ2n) is 8.17. The number of amides is 1. The van der Waals surface area contributed by atoms with Crippen LogP contribution in [0.4, 0.5) is 11.4 Å². The van der Waals surface area contributed by atoms with Gasteiger partial charge in [0, 0.05) is 56.6 Å². The van der Waals surface area contributed by atoms with Gasteiger partial charge < -0.3 is 24.7 Å². The van der Waals surface area contributed by atoms with Gasteiger partial charge in [0.2, 0.25) is 5.91 Å². The van der Waals surface area contributed by atoms with E-state index in [1.807, 2.05) is 23.1 Å². The predicted molar refractivity (Wildman–Crippen MR) is 129 cm³/mol. The summed E-state index contributed by atoms with van der Waals surface area (Å²) < 4.78 is 5.34. The van der Waals surface area contributed by atoms with Crippen LogP contribution in [0.15, 0.2) is 48.5 Å². The van der Waals surface area contributed by atoms with Crippen molar-refractivity contribution in [3.8, 4) is 5.75 Å². The maximum Gasteiger partial charge on any atom is 0.414 e. The Morgan fingerprint density at radius 2 is 1.62 bits per heavy atom. The fraction of sp³-hybridized carbons (Fsp3) is 0.400. The number of para-hydroxylation sites is 1. The van der Waals surface area contributed by atoms with Crippen molar-refractivity contribution >= 4 is 29.2 Å². The molecule has 2 aromatic carbocycles. The van der Waals surface area contributed by atoms with Crippen LogP contribution in [0.25, 0.3) is 0 Å². The van der Waals surface area contributed by atoms with E-state index < -0.39 is 11.9 Å². The normalized spacial score (nSPS) is 15.7. The third-order valence-electron chi connectivity index (χ3n) is 6.02. The van der Waals surface area contributed by atoms with E-state index in [-0.39, 0.29) is 5.91 Å². The average Bonchev–Trinajstić information content (AvgIpc) is 2.86. The zero-order valence-electron chi connectivity index (χ0n) is 19.4. The van der Waals surface area contributed by atoms with Gasteiger partial charge >= 0.3 is 11.9 Å². The number of carboxylic acid groups (broad SMARTS) is 2. The Morgan fingerprint density at radius 1 is 0.912 bits per heavy atom. The van der Waals surface area contributed by atoms with Gasteiger partial charge in [-0.05, 0) is 43.1 Å². The van der Waals surface area contributed by atoms with E-state index in [0.717, 1.165) is 63.5 Å². The summed E-state index contributed by atoms with van der Waals surface area (Å²) in [5.74, 6) is -2.47. The van der Waals surface area contributed by atoms with Gasteiger partial charge in [0.05, 0.1) is 7.11 Å². The summed E-state index contributed by atoms with van der Waals surface area (Å²) in [5, 5.41) is 14.8. The molecule has 34 heavy (non-hydrogen) atoms. The van der Waals surface area contributed by atoms with Crippen LogP contribution < -0.4 is 14.5 Å². The molecule has 0 bridgehead atoms. The van der Waals surface area contributed by atoms with Crippen LogP contribution in [0, 0.1) is 0 Å². The third kappa shape index (κ3) is 6.71. The number of nitrogens with zero attached hydrogens (tertiary/aromatic N) is 3. The number of aryl methyl sites for hydroxylation is 1. The first-order valence-electron chi connectivity index (χ1n) is 11.3. The summed E-state index contributed by atoms with van der Waals surface area (Å²) in [4.78, 5) is 37.5. The van der Waals surface area contributed by atoms with E-state index in [4.69, 9.17) is 24.5 Å². The molecule has 0 radical (unpaired) electrons. The second kappa shape index (κ2) is 12.0. The molecule has 0 spiro atoms. The molecule has 4 rings (SSSR count). The summed E-state index contributed by atoms with van der Waals surface area (Å²) in [6.07, 6.45) is 2.52. The predicted octanol–water partition coefficient (Wildman–Crippen LogP) is 2.34. The summed E-state index contributed by atoms with van der Waals surface area (Å²) in [6.45, 7) is 6.02. The van der Waals surface area contributed by atoms with Crippen LogP contribution in [-0.2, 0) is 20.8 Å². The minimum Gasteiger partial charge on any atom is -0.497 e. The van der Waals surface area contributed by atoms with E-state index in [0.29, 0.717) is 6.42 Å². The molecule has 0 atom stereocenters. The first kappa shape index (κ1) is 25.0. The van der Waals surface area contributed by atoms with Gasteiger partial charge in [-0.1, -0.05) is 24.3 Å². The van der Waals surface area contributed by atoms with Crippen molar-refractivity contribution in [1.82, 2.24) is 4.90 Å². The fourth-order valence-corrected chi connectivity index (χ4v) is 4.23. The van der Waals surface area contributed by atoms with Crippen molar-refractivity contribution in [2.45, 2.75) is 19.3 Å². The Morgan fingerprint density at radius 3 is 2.29 bits per heavy atom. The first-order valence-corrected chi connectivity index (χ1v) is 11.3. The second-order valence-corrected chi connectivity index (χ2v) is 8.17. The van der Waals surface area contributed by atoms with Gasteiger partial charge in [-0.15, -0.1) is 0 Å². The lowest BCUT2D eigenvalue weighted by molar-refractivity contribution is -0.159. The van der Waals surface area contributed by atoms with Gasteiger partial charge in [0.25, 0.3) is 0 Å². The molecule has 1 amide bonds. The Hall–Kier alpha value is -3.59. The standard InChI is InChI=1S/C23H29N3O2.C2H2O4/c1-28-21-8-4-7-20(18-21)25-16-14-24(15-17-25)12-5-13-26-22-9-3-2-6-19(22)10-11-23(26)27;3-1(4)2(5)6/h2-4,6-9,18H,5,10-17H2,1H3;(H,3,4)(H,5,6). The Labute approximate surface area is 199 Å². The zero-order chi connectivity index (χ0) is 24.5. The number of carbonyl (C=O) groups is 3. The van der Waals surface area contributed by atoms with Crippen molar-refractivity contribution in [3.05, 3.63) is 54.1 Å². The number of rotatable bonds is 6. The van der Waals surface area contributed by atoms with Crippen LogP contribution in [0.3, 0.4) is 0 Å². The minimum absolute atomic E-state index is 0.265. The molecule has 0 aliphatic carbocycles. The molecule has 2 aliphatic heterocycles. The van der Waals surface area contributed by atoms with E-state index in [1.165, 1.54) is 11.3 Å². The smallest absolute Gasteiger partial charge is 0.414 e. The lowest BCUT2D eigenvalue weighted by atomic mass is 10.0. The Balaban J connectivity index is 0.000000481. The molecule has 0 saturated carbocycles. The van der Waals surface area contributed by atoms with Crippen LogP contribution in [0.5, 0.6) is 5.75 Å². The molecule has 2 aliphatic rings. The van der Waals surface area contributed by atoms with Gasteiger partial charge in [-0.25, -0.2) is 9.59 Å². The molecule has 1 saturated heterocycles. The molecular weight excluding hydrogens is 438 g/mol. The molecule has 1 fully saturated rings. The number of piperazine rings is 1. The van der Waals surface area contributed by atoms with Gasteiger partial charge in [-0.2, -0.15) is 0 Å². The topological polar surface area (TPSA) is 111 Å². The Bertz CT molecular complexity index is 992. The lowest BCUT2D eigenvalue weighted by Gasteiger charge is -2.36. The van der Waals surface area contributed by atoms with E-state index in [1.54, 1.807) is 7.11 Å². The number of ether oxygens (including phenoxy) is 1. The highest BCUT2D eigenvalue weighted by atomic mass is 16.5.